The first-order chi connectivity index (χ1) is 5.13. The number of nitrogens with one attached hydrogen (secondary N) is 1. The van der Waals surface area contributed by atoms with Gasteiger partial charge in [0.1, 0.15) is 0 Å². The van der Waals surface area contributed by atoms with E-state index in [0.717, 1.165) is 0 Å². The number of likely N-dealkylation sites (N-methyl/N-ethyl adjacent to an activating group) is 1. The van der Waals surface area contributed by atoms with Gasteiger partial charge in [0.2, 0.25) is 5.91 Å². The van der Waals surface area contributed by atoms with E-state index in [1.54, 1.807) is 14.2 Å². The quantitative estimate of drug-likeness (QED) is 0.574. The van der Waals surface area contributed by atoms with Gasteiger partial charge in [-0.05, 0) is 0 Å². The molecule has 0 saturated carbocycles. The zero-order chi connectivity index (χ0) is 8.85. The fraction of sp³-hybridized carbons (Fsp3) is 0.857. The summed E-state index contributed by atoms with van der Waals surface area (Å²) in [6, 6.07) is -0.472. The lowest BCUT2D eigenvalue weighted by Crippen LogP contribution is -2.44. The fourth-order valence-electron chi connectivity index (χ4n) is 0.792. The molecule has 1 amide bonds. The maximum atomic E-state index is 10.9. The summed E-state index contributed by atoms with van der Waals surface area (Å²) < 4.78 is 4.86. The maximum absolute atomic E-state index is 10.9. The number of carbonyl (C=O) groups is 1. The smallest absolute Gasteiger partial charge is 0.237 e. The second-order valence-electron chi connectivity index (χ2n) is 2.57. The van der Waals surface area contributed by atoms with E-state index < -0.39 is 6.04 Å². The summed E-state index contributed by atoms with van der Waals surface area (Å²) in [5, 5.41) is 2.48. The Morgan fingerprint density at radius 2 is 2.27 bits per heavy atom. The van der Waals surface area contributed by atoms with Crippen LogP contribution < -0.4 is 11.1 Å². The van der Waals surface area contributed by atoms with Crippen molar-refractivity contribution in [2.75, 3.05) is 20.8 Å². The lowest BCUT2D eigenvalue weighted by atomic mass is 10.0. The molecule has 0 spiro atoms. The minimum absolute atomic E-state index is 0.0555. The van der Waals surface area contributed by atoms with Crippen molar-refractivity contribution in [1.82, 2.24) is 5.32 Å². The van der Waals surface area contributed by atoms with E-state index in [4.69, 9.17) is 10.5 Å². The van der Waals surface area contributed by atoms with E-state index in [0.29, 0.717) is 6.61 Å². The van der Waals surface area contributed by atoms with E-state index in [9.17, 15) is 4.79 Å². The highest BCUT2D eigenvalue weighted by Gasteiger charge is 2.18. The molecule has 0 aromatic heterocycles. The van der Waals surface area contributed by atoms with Crippen molar-refractivity contribution >= 4 is 5.91 Å². The Morgan fingerprint density at radius 1 is 1.73 bits per heavy atom. The lowest BCUT2D eigenvalue weighted by molar-refractivity contribution is -0.123. The van der Waals surface area contributed by atoms with Crippen LogP contribution >= 0.6 is 0 Å². The fourth-order valence-corrected chi connectivity index (χ4v) is 0.792. The van der Waals surface area contributed by atoms with Crippen LogP contribution in [0.2, 0.25) is 0 Å². The van der Waals surface area contributed by atoms with Crippen LogP contribution in [-0.2, 0) is 9.53 Å². The van der Waals surface area contributed by atoms with E-state index in [-0.39, 0.29) is 11.8 Å². The standard InChI is InChI=1S/C7H16N2O2/c1-5(4-11-3)6(8)7(10)9-2/h5-6H,4,8H2,1-3H3,(H,9,10)/t5-,6+/m1/s1. The lowest BCUT2D eigenvalue weighted by Gasteiger charge is -2.16. The minimum Gasteiger partial charge on any atom is -0.384 e. The largest absolute Gasteiger partial charge is 0.384 e. The number of rotatable bonds is 4. The third-order valence-corrected chi connectivity index (χ3v) is 1.59. The van der Waals surface area contributed by atoms with Gasteiger partial charge in [-0.3, -0.25) is 4.79 Å². The monoisotopic (exact) mass is 160 g/mol. The van der Waals surface area contributed by atoms with Gasteiger partial charge in [-0.25, -0.2) is 0 Å². The Kier molecular flexibility index (Phi) is 4.81. The molecule has 0 aliphatic rings. The molecule has 11 heavy (non-hydrogen) atoms. The summed E-state index contributed by atoms with van der Waals surface area (Å²) in [4.78, 5) is 10.9. The normalized spacial score (nSPS) is 15.6. The summed E-state index contributed by atoms with van der Waals surface area (Å²) in [5.74, 6) is -0.0884. The number of hydrogen-bond acceptors (Lipinski definition) is 3. The second kappa shape index (κ2) is 5.09. The molecule has 0 aromatic carbocycles. The molecule has 4 heteroatoms. The third-order valence-electron chi connectivity index (χ3n) is 1.59. The van der Waals surface area contributed by atoms with E-state index in [1.807, 2.05) is 6.92 Å². The average Bonchev–Trinajstić information content (AvgIpc) is 2.02. The summed E-state index contributed by atoms with van der Waals surface area (Å²) in [6.07, 6.45) is 0. The minimum atomic E-state index is -0.472. The van der Waals surface area contributed by atoms with E-state index in [1.165, 1.54) is 0 Å². The molecule has 3 N–H and O–H groups in total. The molecule has 66 valence electrons. The van der Waals surface area contributed by atoms with Crippen molar-refractivity contribution in [3.63, 3.8) is 0 Å². The van der Waals surface area contributed by atoms with Crippen LogP contribution in [0.1, 0.15) is 6.92 Å². The van der Waals surface area contributed by atoms with Gasteiger partial charge in [-0.1, -0.05) is 6.92 Å². The predicted molar refractivity (Wildman–Crippen MR) is 43.1 cm³/mol. The number of ether oxygens (including phenoxy) is 1. The molecule has 0 aliphatic heterocycles. The van der Waals surface area contributed by atoms with E-state index >= 15 is 0 Å². The molecule has 4 nitrogen and oxygen atoms in total. The number of nitrogens with two attached hydrogens (primary N) is 1. The molecule has 2 atom stereocenters. The molecular weight excluding hydrogens is 144 g/mol. The predicted octanol–water partition coefficient (Wildman–Crippen LogP) is -0.658. The Labute approximate surface area is 67.1 Å². The number of amides is 1. The van der Waals surface area contributed by atoms with Gasteiger partial charge in [0.15, 0.2) is 0 Å². The van der Waals surface area contributed by atoms with Gasteiger partial charge in [0.05, 0.1) is 12.6 Å². The highest BCUT2D eigenvalue weighted by molar-refractivity contribution is 5.81. The maximum Gasteiger partial charge on any atom is 0.237 e. The van der Waals surface area contributed by atoms with Crippen LogP contribution in [0.3, 0.4) is 0 Å². The van der Waals surface area contributed by atoms with Gasteiger partial charge >= 0.3 is 0 Å². The first-order valence-corrected chi connectivity index (χ1v) is 3.59. The van der Waals surface area contributed by atoms with Gasteiger partial charge in [0.25, 0.3) is 0 Å². The topological polar surface area (TPSA) is 64.4 Å². The molecule has 0 aromatic rings. The van der Waals surface area contributed by atoms with Crippen LogP contribution in [-0.4, -0.2) is 32.7 Å². The van der Waals surface area contributed by atoms with Crippen LogP contribution in [0.4, 0.5) is 0 Å². The van der Waals surface area contributed by atoms with Crippen LogP contribution in [0.15, 0.2) is 0 Å². The third kappa shape index (κ3) is 3.34. The van der Waals surface area contributed by atoms with Crippen LogP contribution in [0.5, 0.6) is 0 Å². The van der Waals surface area contributed by atoms with Crippen molar-refractivity contribution in [2.24, 2.45) is 11.7 Å². The van der Waals surface area contributed by atoms with Gasteiger partial charge in [0, 0.05) is 20.1 Å². The molecular formula is C7H16N2O2. The number of methoxy groups -OCH3 is 1. The Morgan fingerprint density at radius 3 is 2.64 bits per heavy atom. The summed E-state index contributed by atoms with van der Waals surface area (Å²) in [6.45, 7) is 2.39. The van der Waals surface area contributed by atoms with Crippen LogP contribution in [0.25, 0.3) is 0 Å². The Bertz CT molecular complexity index is 128. The zero-order valence-electron chi connectivity index (χ0n) is 7.26. The van der Waals surface area contributed by atoms with Gasteiger partial charge in [-0.15, -0.1) is 0 Å². The average molecular weight is 160 g/mol. The highest BCUT2D eigenvalue weighted by Crippen LogP contribution is 1.99. The van der Waals surface area contributed by atoms with Crippen molar-refractivity contribution in [3.8, 4) is 0 Å². The molecule has 0 rings (SSSR count). The molecule has 0 radical (unpaired) electrons. The Hall–Kier alpha value is -0.610. The summed E-state index contributed by atoms with van der Waals surface area (Å²) in [7, 11) is 3.16. The van der Waals surface area contributed by atoms with Gasteiger partial charge < -0.3 is 15.8 Å². The van der Waals surface area contributed by atoms with Gasteiger partial charge in [-0.2, -0.15) is 0 Å². The molecule has 0 saturated heterocycles. The highest BCUT2D eigenvalue weighted by atomic mass is 16.5. The molecule has 0 bridgehead atoms. The molecule has 0 fully saturated rings. The number of hydrogen-bond donors (Lipinski definition) is 2. The summed E-state index contributed by atoms with van der Waals surface area (Å²) in [5.41, 5.74) is 5.57. The first-order valence-electron chi connectivity index (χ1n) is 3.59. The molecule has 0 heterocycles. The number of carbonyl (C=O) groups excluding carboxylic acids is 1. The van der Waals surface area contributed by atoms with Crippen molar-refractivity contribution in [3.05, 3.63) is 0 Å². The van der Waals surface area contributed by atoms with Crippen molar-refractivity contribution < 1.29 is 9.53 Å². The van der Waals surface area contributed by atoms with Crippen molar-refractivity contribution in [2.45, 2.75) is 13.0 Å². The first kappa shape index (κ1) is 10.4. The van der Waals surface area contributed by atoms with Crippen molar-refractivity contribution in [1.29, 1.82) is 0 Å². The zero-order valence-corrected chi connectivity index (χ0v) is 7.26. The Balaban J connectivity index is 3.80. The second-order valence-corrected chi connectivity index (χ2v) is 2.57. The summed E-state index contributed by atoms with van der Waals surface area (Å²) >= 11 is 0. The molecule has 0 aliphatic carbocycles. The van der Waals surface area contributed by atoms with E-state index in [2.05, 4.69) is 5.32 Å². The molecule has 0 unspecified atom stereocenters. The SMILES string of the molecule is CNC(=O)[C@@H](N)[C@H](C)COC. The van der Waals surface area contributed by atoms with Crippen LogP contribution in [0, 0.1) is 5.92 Å².